The molecule has 0 bridgehead atoms. The Labute approximate surface area is 138 Å². The zero-order valence-electron chi connectivity index (χ0n) is 12.6. The molecular weight excluding hydrogens is 312 g/mol. The molecule has 0 radical (unpaired) electrons. The van der Waals surface area contributed by atoms with Gasteiger partial charge in [0.25, 0.3) is 0 Å². The van der Waals surface area contributed by atoms with E-state index in [0.29, 0.717) is 6.54 Å². The van der Waals surface area contributed by atoms with Crippen molar-refractivity contribution in [2.75, 3.05) is 6.54 Å². The van der Waals surface area contributed by atoms with Crippen molar-refractivity contribution in [2.24, 2.45) is 0 Å². The summed E-state index contributed by atoms with van der Waals surface area (Å²) in [4.78, 5) is 25.1. The van der Waals surface area contributed by atoms with Gasteiger partial charge in [-0.2, -0.15) is 11.3 Å². The number of hydrogen-bond acceptors (Lipinski definition) is 3. The van der Waals surface area contributed by atoms with Crippen molar-refractivity contribution < 1.29 is 14.7 Å². The summed E-state index contributed by atoms with van der Waals surface area (Å²) in [5.41, 5.74) is 2.33. The molecule has 2 amide bonds. The van der Waals surface area contributed by atoms with Crippen molar-refractivity contribution in [3.63, 3.8) is 0 Å². The fourth-order valence-corrected chi connectivity index (χ4v) is 3.57. The Morgan fingerprint density at radius 2 is 2.04 bits per heavy atom. The van der Waals surface area contributed by atoms with Crippen LogP contribution in [0, 0.1) is 0 Å². The van der Waals surface area contributed by atoms with Crippen LogP contribution >= 0.6 is 11.3 Å². The van der Waals surface area contributed by atoms with E-state index < -0.39 is 5.97 Å². The summed E-state index contributed by atoms with van der Waals surface area (Å²) in [6.45, 7) is 1.16. The number of aromatic carboxylic acids is 1. The molecule has 5 nitrogen and oxygen atoms in total. The largest absolute Gasteiger partial charge is 0.478 e. The van der Waals surface area contributed by atoms with Gasteiger partial charge in [-0.05, 0) is 52.9 Å². The van der Waals surface area contributed by atoms with E-state index in [1.54, 1.807) is 35.6 Å². The molecule has 120 valence electrons. The molecule has 1 unspecified atom stereocenters. The van der Waals surface area contributed by atoms with Gasteiger partial charge in [-0.25, -0.2) is 9.59 Å². The third-order valence-electron chi connectivity index (χ3n) is 4.09. The first kappa shape index (κ1) is 15.6. The molecule has 1 saturated heterocycles. The summed E-state index contributed by atoms with van der Waals surface area (Å²) in [7, 11) is 0. The minimum absolute atomic E-state index is 0.0685. The van der Waals surface area contributed by atoms with Gasteiger partial charge in [0.15, 0.2) is 0 Å². The quantitative estimate of drug-likeness (QED) is 0.901. The lowest BCUT2D eigenvalue weighted by Crippen LogP contribution is -2.39. The lowest BCUT2D eigenvalue weighted by molar-refractivity contribution is 0.0697. The van der Waals surface area contributed by atoms with Gasteiger partial charge in [0.05, 0.1) is 11.6 Å². The maximum Gasteiger partial charge on any atom is 0.335 e. The highest BCUT2D eigenvalue weighted by Crippen LogP contribution is 2.32. The highest BCUT2D eigenvalue weighted by Gasteiger charge is 2.29. The first-order valence-electron chi connectivity index (χ1n) is 7.54. The van der Waals surface area contributed by atoms with Crippen LogP contribution < -0.4 is 5.32 Å². The van der Waals surface area contributed by atoms with E-state index in [4.69, 9.17) is 5.11 Å². The number of likely N-dealkylation sites (tertiary alicyclic amines) is 1. The molecule has 1 aromatic carbocycles. The zero-order chi connectivity index (χ0) is 16.2. The van der Waals surface area contributed by atoms with Gasteiger partial charge in [-0.15, -0.1) is 0 Å². The Bertz CT molecular complexity index is 682. The van der Waals surface area contributed by atoms with Gasteiger partial charge in [0.2, 0.25) is 0 Å². The molecule has 1 fully saturated rings. The minimum Gasteiger partial charge on any atom is -0.478 e. The Kier molecular flexibility index (Phi) is 4.62. The molecule has 0 saturated carbocycles. The highest BCUT2D eigenvalue weighted by molar-refractivity contribution is 7.07. The van der Waals surface area contributed by atoms with Crippen molar-refractivity contribution in [1.29, 1.82) is 0 Å². The number of nitrogens with zero attached hydrogens (tertiary/aromatic N) is 1. The second-order valence-corrected chi connectivity index (χ2v) is 6.35. The number of carbonyl (C=O) groups is 2. The zero-order valence-corrected chi connectivity index (χ0v) is 13.4. The Morgan fingerprint density at radius 3 is 2.70 bits per heavy atom. The first-order chi connectivity index (χ1) is 11.1. The molecule has 0 spiro atoms. The number of thiophene rings is 1. The average Bonchev–Trinajstić information content (AvgIpc) is 3.23. The number of benzene rings is 1. The lowest BCUT2D eigenvalue weighted by Gasteiger charge is -2.24. The van der Waals surface area contributed by atoms with Crippen LogP contribution in [0.1, 0.15) is 40.4 Å². The van der Waals surface area contributed by atoms with E-state index in [9.17, 15) is 9.59 Å². The van der Waals surface area contributed by atoms with Crippen LogP contribution in [-0.4, -0.2) is 28.6 Å². The molecule has 2 N–H and O–H groups in total. The van der Waals surface area contributed by atoms with Crippen LogP contribution in [0.4, 0.5) is 4.79 Å². The Morgan fingerprint density at radius 1 is 1.26 bits per heavy atom. The van der Waals surface area contributed by atoms with Crippen LogP contribution in [0.5, 0.6) is 0 Å². The maximum atomic E-state index is 12.4. The molecule has 1 atom stereocenters. The highest BCUT2D eigenvalue weighted by atomic mass is 32.1. The third-order valence-corrected chi connectivity index (χ3v) is 4.79. The smallest absolute Gasteiger partial charge is 0.335 e. The predicted molar refractivity (Wildman–Crippen MR) is 88.6 cm³/mol. The number of nitrogens with one attached hydrogen (secondary N) is 1. The summed E-state index contributed by atoms with van der Waals surface area (Å²) in [5.74, 6) is -0.948. The maximum absolute atomic E-state index is 12.4. The first-order valence-corrected chi connectivity index (χ1v) is 8.48. The van der Waals surface area contributed by atoms with Gasteiger partial charge in [-0.3, -0.25) is 0 Å². The topological polar surface area (TPSA) is 69.6 Å². The summed E-state index contributed by atoms with van der Waals surface area (Å²) < 4.78 is 0. The van der Waals surface area contributed by atoms with Crippen molar-refractivity contribution >= 4 is 23.3 Å². The van der Waals surface area contributed by atoms with Gasteiger partial charge in [0.1, 0.15) is 0 Å². The predicted octanol–water partition coefficient (Wildman–Crippen LogP) is 3.49. The second kappa shape index (κ2) is 6.83. The Hall–Kier alpha value is -2.34. The van der Waals surface area contributed by atoms with Crippen LogP contribution in [0.15, 0.2) is 41.1 Å². The van der Waals surface area contributed by atoms with Crippen LogP contribution in [0.3, 0.4) is 0 Å². The number of amides is 2. The summed E-state index contributed by atoms with van der Waals surface area (Å²) in [5, 5.41) is 15.9. The molecule has 3 rings (SSSR count). The number of carbonyl (C=O) groups excluding carboxylic acids is 1. The molecule has 2 heterocycles. The van der Waals surface area contributed by atoms with Gasteiger partial charge in [-0.1, -0.05) is 12.1 Å². The lowest BCUT2D eigenvalue weighted by atomic mass is 10.1. The summed E-state index contributed by atoms with van der Waals surface area (Å²) in [6, 6.07) is 8.72. The van der Waals surface area contributed by atoms with Gasteiger partial charge < -0.3 is 15.3 Å². The van der Waals surface area contributed by atoms with E-state index >= 15 is 0 Å². The molecular formula is C17H18N2O3S. The molecule has 1 aliphatic heterocycles. The van der Waals surface area contributed by atoms with Gasteiger partial charge in [0, 0.05) is 13.1 Å². The normalized spacial score (nSPS) is 17.2. The third kappa shape index (κ3) is 3.53. The summed E-state index contributed by atoms with van der Waals surface area (Å²) in [6.07, 6.45) is 2.01. The SMILES string of the molecule is O=C(O)c1ccc(CNC(=O)N2CCCC2c2ccsc2)cc1. The van der Waals surface area contributed by atoms with E-state index in [1.165, 1.54) is 5.56 Å². The van der Waals surface area contributed by atoms with Crippen LogP contribution in [-0.2, 0) is 6.54 Å². The molecule has 0 aliphatic carbocycles. The van der Waals surface area contributed by atoms with Crippen molar-refractivity contribution in [2.45, 2.75) is 25.4 Å². The van der Waals surface area contributed by atoms with Gasteiger partial charge >= 0.3 is 12.0 Å². The molecule has 1 aromatic heterocycles. The van der Waals surface area contributed by atoms with Crippen LogP contribution in [0.25, 0.3) is 0 Å². The number of carboxylic acid groups (broad SMARTS) is 1. The van der Waals surface area contributed by atoms with E-state index in [0.717, 1.165) is 24.9 Å². The van der Waals surface area contributed by atoms with Crippen LogP contribution in [0.2, 0.25) is 0 Å². The average molecular weight is 330 g/mol. The van der Waals surface area contributed by atoms with Crippen molar-refractivity contribution in [1.82, 2.24) is 10.2 Å². The van der Waals surface area contributed by atoms with Crippen molar-refractivity contribution in [3.05, 3.63) is 57.8 Å². The fourth-order valence-electron chi connectivity index (χ4n) is 2.87. The Balaban J connectivity index is 1.59. The van der Waals surface area contributed by atoms with E-state index in [2.05, 4.69) is 16.8 Å². The second-order valence-electron chi connectivity index (χ2n) is 5.57. The number of urea groups is 1. The van der Waals surface area contributed by atoms with E-state index in [1.807, 2.05) is 10.3 Å². The molecule has 2 aromatic rings. The fraction of sp³-hybridized carbons (Fsp3) is 0.294. The molecule has 6 heteroatoms. The number of rotatable bonds is 4. The number of hydrogen-bond donors (Lipinski definition) is 2. The van der Waals surface area contributed by atoms with Crippen molar-refractivity contribution in [3.8, 4) is 0 Å². The standard InChI is InChI=1S/C17H18N2O3S/c20-16(21)13-5-3-12(4-6-13)10-18-17(22)19-8-1-2-15(19)14-7-9-23-11-14/h3-7,9,11,15H,1-2,8,10H2,(H,18,22)(H,20,21). The molecule has 23 heavy (non-hydrogen) atoms. The minimum atomic E-state index is -0.948. The number of carboxylic acids is 1. The monoisotopic (exact) mass is 330 g/mol. The van der Waals surface area contributed by atoms with E-state index in [-0.39, 0.29) is 17.6 Å². The summed E-state index contributed by atoms with van der Waals surface area (Å²) >= 11 is 1.65. The molecule has 1 aliphatic rings.